The molecule has 37 heavy (non-hydrogen) atoms. The molecule has 1 rings (SSSR count). The molecule has 0 spiro atoms. The quantitative estimate of drug-likeness (QED) is 0.0911. The molecule has 1 fully saturated rings. The summed E-state index contributed by atoms with van der Waals surface area (Å²) >= 11 is 0. The second kappa shape index (κ2) is 22.2. The van der Waals surface area contributed by atoms with Crippen molar-refractivity contribution >= 4 is 10.1 Å². The number of aliphatic hydroxyl groups is 9. The van der Waals surface area contributed by atoms with Gasteiger partial charge in [-0.1, -0.05) is 0 Å². The van der Waals surface area contributed by atoms with Crippen LogP contribution < -0.4 is 17.2 Å². The Labute approximate surface area is 217 Å². The minimum absolute atomic E-state index is 0.148. The van der Waals surface area contributed by atoms with Gasteiger partial charge in [0, 0.05) is 13.1 Å². The Morgan fingerprint density at radius 1 is 0.622 bits per heavy atom. The van der Waals surface area contributed by atoms with Gasteiger partial charge in [-0.25, -0.2) is 0 Å². The third kappa shape index (κ3) is 23.0. The van der Waals surface area contributed by atoms with E-state index in [1.807, 2.05) is 0 Å². The Kier molecular flexibility index (Phi) is 24.5. The molecule has 17 nitrogen and oxygen atoms in total. The summed E-state index contributed by atoms with van der Waals surface area (Å²) in [5, 5.41) is 75.1. The number of rotatable bonds is 13. The molecule has 1 aliphatic heterocycles. The van der Waals surface area contributed by atoms with Gasteiger partial charge in [-0.2, -0.15) is 8.42 Å². The maximum Gasteiger partial charge on any atom is 0.264 e. The van der Waals surface area contributed by atoms with E-state index < -0.39 is 86.2 Å². The highest BCUT2D eigenvalue weighted by atomic mass is 32.2. The number of hydrogen-bond donors (Lipinski definition) is 13. The van der Waals surface area contributed by atoms with E-state index in [9.17, 15) is 8.42 Å². The monoisotopic (exact) mass is 572 g/mol. The minimum Gasteiger partial charge on any atom is -0.394 e. The van der Waals surface area contributed by atoms with E-state index in [-0.39, 0.29) is 5.75 Å². The first-order valence-corrected chi connectivity index (χ1v) is 12.8. The van der Waals surface area contributed by atoms with E-state index in [1.54, 1.807) is 0 Å². The first-order valence-electron chi connectivity index (χ1n) is 11.2. The molecule has 0 saturated carbocycles. The van der Waals surface area contributed by atoms with Gasteiger partial charge in [-0.15, -0.1) is 0 Å². The minimum atomic E-state index is -3.78. The van der Waals surface area contributed by atoms with Crippen LogP contribution in [0.2, 0.25) is 0 Å². The Bertz CT molecular complexity index is 546. The molecule has 228 valence electrons. The van der Waals surface area contributed by atoms with Crippen molar-refractivity contribution in [2.75, 3.05) is 98.1 Å². The van der Waals surface area contributed by atoms with Crippen LogP contribution in [0.5, 0.6) is 0 Å². The molecule has 0 radical (unpaired) electrons. The van der Waals surface area contributed by atoms with Gasteiger partial charge >= 0.3 is 0 Å². The average Bonchev–Trinajstić information content (AvgIpc) is 2.92. The fourth-order valence-corrected chi connectivity index (χ4v) is 2.24. The van der Waals surface area contributed by atoms with Crippen LogP contribution in [0.15, 0.2) is 0 Å². The highest BCUT2D eigenvalue weighted by Gasteiger charge is 2.22. The van der Waals surface area contributed by atoms with Crippen LogP contribution in [0.4, 0.5) is 0 Å². The Morgan fingerprint density at radius 2 is 0.892 bits per heavy atom. The lowest BCUT2D eigenvalue weighted by Crippen LogP contribution is -2.50. The summed E-state index contributed by atoms with van der Waals surface area (Å²) in [7, 11) is -3.78. The molecule has 0 atom stereocenters. The van der Waals surface area contributed by atoms with Crippen LogP contribution >= 0.6 is 0 Å². The van der Waals surface area contributed by atoms with E-state index in [1.165, 1.54) is 0 Å². The number of nitrogens with zero attached hydrogens (tertiary/aromatic N) is 1. The second-order valence-corrected chi connectivity index (χ2v) is 10.2. The van der Waals surface area contributed by atoms with Crippen molar-refractivity contribution in [3.8, 4) is 0 Å². The zero-order chi connectivity index (χ0) is 29.6. The van der Waals surface area contributed by atoms with Crippen molar-refractivity contribution < 1.29 is 63.7 Å². The molecule has 0 aromatic rings. The van der Waals surface area contributed by atoms with Crippen molar-refractivity contribution in [1.29, 1.82) is 0 Å². The lowest BCUT2D eigenvalue weighted by molar-refractivity contribution is 0.0380. The first kappa shape index (κ1) is 40.8. The standard InChI is InChI=1S/C7H15NO4S.3C4H11NO3/c9-13(10,11)7-1-2-8-3-5-12-6-4-8;3*5-4(1-6,2-7)3-8/h1-7H2,(H,9,10,11);3*6-8H,1-3,5H2. The summed E-state index contributed by atoms with van der Waals surface area (Å²) in [6, 6.07) is 0. The largest absolute Gasteiger partial charge is 0.394 e. The Balaban J connectivity index is -0.000000430. The summed E-state index contributed by atoms with van der Waals surface area (Å²) < 4.78 is 34.4. The highest BCUT2D eigenvalue weighted by Crippen LogP contribution is 1.99. The third-order valence-corrected chi connectivity index (χ3v) is 5.62. The van der Waals surface area contributed by atoms with Crippen molar-refractivity contribution in [3.05, 3.63) is 0 Å². The van der Waals surface area contributed by atoms with Crippen LogP contribution in [0.1, 0.15) is 6.42 Å². The number of morpholine rings is 1. The summed E-state index contributed by atoms with van der Waals surface area (Å²) in [6.07, 6.45) is 0.485. The van der Waals surface area contributed by atoms with E-state index >= 15 is 0 Å². The van der Waals surface area contributed by atoms with Crippen molar-refractivity contribution in [1.82, 2.24) is 4.90 Å². The number of nitrogens with two attached hydrogens (primary N) is 3. The highest BCUT2D eigenvalue weighted by molar-refractivity contribution is 7.85. The third-order valence-electron chi connectivity index (χ3n) is 4.81. The van der Waals surface area contributed by atoms with E-state index in [0.717, 1.165) is 13.1 Å². The van der Waals surface area contributed by atoms with Gasteiger partial charge in [0.2, 0.25) is 0 Å². The SMILES string of the molecule is NC(CO)(CO)CO.NC(CO)(CO)CO.NC(CO)(CO)CO.O=S(=O)(O)CCCN1CCOCC1. The van der Waals surface area contributed by atoms with Gasteiger partial charge in [0.15, 0.2) is 0 Å². The lowest BCUT2D eigenvalue weighted by atomic mass is 10.1. The molecule has 0 aromatic heterocycles. The molecule has 0 bridgehead atoms. The summed E-state index contributed by atoms with van der Waals surface area (Å²) in [4.78, 5) is 2.13. The van der Waals surface area contributed by atoms with E-state index in [0.29, 0.717) is 26.2 Å². The van der Waals surface area contributed by atoms with Crippen LogP contribution in [0.25, 0.3) is 0 Å². The van der Waals surface area contributed by atoms with Crippen molar-refractivity contribution in [2.45, 2.75) is 23.0 Å². The molecule has 16 N–H and O–H groups in total. The number of ether oxygens (including phenoxy) is 1. The Hall–Kier alpha value is -0.650. The van der Waals surface area contributed by atoms with Gasteiger partial charge in [0.25, 0.3) is 10.1 Å². The normalized spacial score (nSPS) is 14.9. The molecular formula is C19H48N4O13S. The molecule has 1 aliphatic rings. The number of hydrogen-bond acceptors (Lipinski definition) is 16. The maximum absolute atomic E-state index is 10.4. The van der Waals surface area contributed by atoms with Crippen LogP contribution in [0.3, 0.4) is 0 Å². The predicted molar refractivity (Wildman–Crippen MR) is 133 cm³/mol. The fourth-order valence-electron chi connectivity index (χ4n) is 1.75. The van der Waals surface area contributed by atoms with Gasteiger partial charge in [-0.05, 0) is 13.0 Å². The topological polar surface area (TPSA) is 327 Å². The smallest absolute Gasteiger partial charge is 0.264 e. The van der Waals surface area contributed by atoms with Crippen LogP contribution in [-0.2, 0) is 14.9 Å². The van der Waals surface area contributed by atoms with Crippen LogP contribution in [0, 0.1) is 0 Å². The Morgan fingerprint density at radius 3 is 1.08 bits per heavy atom. The van der Waals surface area contributed by atoms with Gasteiger partial charge in [0.1, 0.15) is 0 Å². The second-order valence-electron chi connectivity index (χ2n) is 8.60. The maximum atomic E-state index is 10.4. The molecule has 18 heteroatoms. The fraction of sp³-hybridized carbons (Fsp3) is 1.00. The molecule has 0 aliphatic carbocycles. The van der Waals surface area contributed by atoms with Crippen molar-refractivity contribution in [2.24, 2.45) is 17.2 Å². The summed E-state index contributed by atoms with van der Waals surface area (Å²) in [5.74, 6) is -0.148. The van der Waals surface area contributed by atoms with Gasteiger partial charge in [-0.3, -0.25) is 9.45 Å². The van der Waals surface area contributed by atoms with E-state index in [2.05, 4.69) is 4.90 Å². The first-order chi connectivity index (χ1) is 17.1. The van der Waals surface area contributed by atoms with Crippen molar-refractivity contribution in [3.63, 3.8) is 0 Å². The predicted octanol–water partition coefficient (Wildman–Crippen LogP) is -7.42. The molecular weight excluding hydrogens is 524 g/mol. The molecule has 1 saturated heterocycles. The molecule has 0 unspecified atom stereocenters. The zero-order valence-corrected chi connectivity index (χ0v) is 21.9. The van der Waals surface area contributed by atoms with E-state index in [4.69, 9.17) is 72.4 Å². The van der Waals surface area contributed by atoms with Gasteiger partial charge < -0.3 is 67.9 Å². The molecule has 1 heterocycles. The lowest BCUT2D eigenvalue weighted by Gasteiger charge is -2.26. The van der Waals surface area contributed by atoms with Gasteiger partial charge in [0.05, 0.1) is 95.0 Å². The van der Waals surface area contributed by atoms with Crippen LogP contribution in [-0.4, -0.2) is 179 Å². The zero-order valence-electron chi connectivity index (χ0n) is 21.1. The molecule has 0 amide bonds. The summed E-state index contributed by atoms with van der Waals surface area (Å²) in [5.41, 5.74) is 11.8. The summed E-state index contributed by atoms with van der Waals surface area (Å²) in [6.45, 7) is 0.220. The molecule has 0 aromatic carbocycles. The average molecular weight is 573 g/mol. The number of aliphatic hydroxyl groups excluding tert-OH is 9.